The van der Waals surface area contributed by atoms with Crippen LogP contribution in [-0.2, 0) is 21.1 Å². The molecular weight excluding hydrogens is 230 g/mol. The summed E-state index contributed by atoms with van der Waals surface area (Å²) >= 11 is 0. The summed E-state index contributed by atoms with van der Waals surface area (Å²) in [5.74, 6) is -0.976. The third-order valence-electron chi connectivity index (χ3n) is 2.57. The summed E-state index contributed by atoms with van der Waals surface area (Å²) in [5, 5.41) is 11.6. The van der Waals surface area contributed by atoms with Crippen LogP contribution in [0.1, 0.15) is 5.56 Å². The number of sulfone groups is 1. The molecule has 1 aromatic carbocycles. The summed E-state index contributed by atoms with van der Waals surface area (Å²) in [6, 6.07) is 4.05. The van der Waals surface area contributed by atoms with Crippen molar-refractivity contribution >= 4 is 21.5 Å². The molecule has 0 saturated heterocycles. The van der Waals surface area contributed by atoms with E-state index in [-0.39, 0.29) is 11.3 Å². The number of rotatable bonds is 2. The third kappa shape index (κ3) is 1.76. The van der Waals surface area contributed by atoms with Crippen LogP contribution in [0, 0.1) is 0 Å². The van der Waals surface area contributed by atoms with Gasteiger partial charge in [0.1, 0.15) is 6.04 Å². The fourth-order valence-corrected chi connectivity index (χ4v) is 2.82. The fraction of sp³-hybridized carbons (Fsp3) is 0.300. The van der Waals surface area contributed by atoms with Crippen molar-refractivity contribution < 1.29 is 18.3 Å². The van der Waals surface area contributed by atoms with Crippen LogP contribution >= 0.6 is 0 Å². The number of carboxylic acids is 1. The number of nitrogens with one attached hydrogen (secondary N) is 1. The third-order valence-corrected chi connectivity index (χ3v) is 3.75. The van der Waals surface area contributed by atoms with Crippen molar-refractivity contribution in [3.63, 3.8) is 0 Å². The van der Waals surface area contributed by atoms with E-state index in [0.717, 1.165) is 6.26 Å². The van der Waals surface area contributed by atoms with Gasteiger partial charge >= 0.3 is 5.97 Å². The monoisotopic (exact) mass is 241 g/mol. The molecule has 86 valence electrons. The van der Waals surface area contributed by atoms with E-state index in [1.807, 2.05) is 0 Å². The van der Waals surface area contributed by atoms with Gasteiger partial charge in [-0.05, 0) is 17.7 Å². The van der Waals surface area contributed by atoms with Crippen molar-refractivity contribution in [2.24, 2.45) is 0 Å². The zero-order valence-corrected chi connectivity index (χ0v) is 9.41. The summed E-state index contributed by atoms with van der Waals surface area (Å²) in [4.78, 5) is 11.0. The minimum Gasteiger partial charge on any atom is -0.480 e. The lowest BCUT2D eigenvalue weighted by Crippen LogP contribution is -2.26. The highest BCUT2D eigenvalue weighted by Crippen LogP contribution is 2.31. The Morgan fingerprint density at radius 3 is 2.75 bits per heavy atom. The van der Waals surface area contributed by atoms with Crippen molar-refractivity contribution in [1.29, 1.82) is 0 Å². The van der Waals surface area contributed by atoms with Crippen LogP contribution < -0.4 is 5.32 Å². The first-order valence-electron chi connectivity index (χ1n) is 4.71. The highest BCUT2D eigenvalue weighted by atomic mass is 32.2. The molecule has 0 spiro atoms. The molecule has 0 fully saturated rings. The van der Waals surface area contributed by atoms with Gasteiger partial charge in [0.15, 0.2) is 9.84 Å². The van der Waals surface area contributed by atoms with Gasteiger partial charge in [-0.15, -0.1) is 0 Å². The van der Waals surface area contributed by atoms with Gasteiger partial charge in [0.25, 0.3) is 0 Å². The van der Waals surface area contributed by atoms with Crippen molar-refractivity contribution in [2.75, 3.05) is 11.6 Å². The SMILES string of the molecule is CS(=O)(=O)c1cccc2c1CC(C(=O)O)N2. The van der Waals surface area contributed by atoms with E-state index >= 15 is 0 Å². The largest absolute Gasteiger partial charge is 0.480 e. The molecule has 1 atom stereocenters. The second kappa shape index (κ2) is 3.48. The number of benzene rings is 1. The minimum atomic E-state index is -3.31. The number of carboxylic acid groups (broad SMARTS) is 1. The van der Waals surface area contributed by atoms with Gasteiger partial charge < -0.3 is 10.4 Å². The van der Waals surface area contributed by atoms with Crippen LogP contribution in [0.4, 0.5) is 5.69 Å². The van der Waals surface area contributed by atoms with E-state index in [4.69, 9.17) is 5.11 Å². The van der Waals surface area contributed by atoms with Crippen LogP contribution in [0.15, 0.2) is 23.1 Å². The Bertz CT molecular complexity index is 550. The molecular formula is C10H11NO4S. The molecule has 1 heterocycles. The molecule has 1 unspecified atom stereocenters. The van der Waals surface area contributed by atoms with Crippen LogP contribution in [0.5, 0.6) is 0 Å². The maximum Gasteiger partial charge on any atom is 0.326 e. The first-order valence-corrected chi connectivity index (χ1v) is 6.60. The first kappa shape index (κ1) is 10.9. The van der Waals surface area contributed by atoms with Crippen molar-refractivity contribution in [1.82, 2.24) is 0 Å². The average Bonchev–Trinajstić information content (AvgIpc) is 2.58. The molecule has 1 aliphatic rings. The van der Waals surface area contributed by atoms with Gasteiger partial charge in [-0.3, -0.25) is 0 Å². The smallest absolute Gasteiger partial charge is 0.326 e. The summed E-state index contributed by atoms with van der Waals surface area (Å²) < 4.78 is 23.0. The number of anilines is 1. The quantitative estimate of drug-likeness (QED) is 0.788. The number of hydrogen-bond donors (Lipinski definition) is 2. The molecule has 1 aromatic rings. The Morgan fingerprint density at radius 2 is 2.19 bits per heavy atom. The second-order valence-corrected chi connectivity index (χ2v) is 5.78. The molecule has 0 amide bonds. The predicted molar refractivity (Wildman–Crippen MR) is 58.3 cm³/mol. The zero-order valence-electron chi connectivity index (χ0n) is 8.60. The molecule has 5 nitrogen and oxygen atoms in total. The first-order chi connectivity index (χ1) is 7.39. The molecule has 0 saturated carbocycles. The standard InChI is InChI=1S/C10H11NO4S/c1-16(14,15)9-4-2-3-7-6(9)5-8(11-7)10(12)13/h2-4,8,11H,5H2,1H3,(H,12,13). The van der Waals surface area contributed by atoms with Gasteiger partial charge in [0.05, 0.1) is 4.90 Å². The highest BCUT2D eigenvalue weighted by Gasteiger charge is 2.30. The van der Waals surface area contributed by atoms with Crippen molar-refractivity contribution in [3.8, 4) is 0 Å². The lowest BCUT2D eigenvalue weighted by Gasteiger charge is -2.04. The molecule has 0 aromatic heterocycles. The Kier molecular flexibility index (Phi) is 2.38. The highest BCUT2D eigenvalue weighted by molar-refractivity contribution is 7.90. The Hall–Kier alpha value is -1.56. The molecule has 0 radical (unpaired) electrons. The van der Waals surface area contributed by atoms with Gasteiger partial charge in [-0.2, -0.15) is 0 Å². The van der Waals surface area contributed by atoms with E-state index in [1.54, 1.807) is 12.1 Å². The van der Waals surface area contributed by atoms with Crippen LogP contribution in [-0.4, -0.2) is 31.8 Å². The molecule has 16 heavy (non-hydrogen) atoms. The second-order valence-electron chi connectivity index (χ2n) is 3.79. The van der Waals surface area contributed by atoms with E-state index in [2.05, 4.69) is 5.32 Å². The molecule has 1 aliphatic heterocycles. The van der Waals surface area contributed by atoms with Crippen molar-refractivity contribution in [3.05, 3.63) is 23.8 Å². The van der Waals surface area contributed by atoms with Gasteiger partial charge in [0, 0.05) is 18.4 Å². The van der Waals surface area contributed by atoms with Crippen molar-refractivity contribution in [2.45, 2.75) is 17.4 Å². The van der Waals surface area contributed by atoms with Gasteiger partial charge in [-0.1, -0.05) is 6.07 Å². The fourth-order valence-electron chi connectivity index (χ4n) is 1.85. The van der Waals surface area contributed by atoms with Gasteiger partial charge in [-0.25, -0.2) is 13.2 Å². The van der Waals surface area contributed by atoms with Gasteiger partial charge in [0.2, 0.25) is 0 Å². The van der Waals surface area contributed by atoms with E-state index in [1.165, 1.54) is 6.07 Å². The number of aliphatic carboxylic acids is 1. The molecule has 6 heteroatoms. The van der Waals surface area contributed by atoms with E-state index < -0.39 is 21.8 Å². The molecule has 0 bridgehead atoms. The normalized spacial score (nSPS) is 18.9. The van der Waals surface area contributed by atoms with E-state index in [9.17, 15) is 13.2 Å². The molecule has 2 N–H and O–H groups in total. The van der Waals surface area contributed by atoms with Crippen LogP contribution in [0.3, 0.4) is 0 Å². The van der Waals surface area contributed by atoms with Crippen LogP contribution in [0.2, 0.25) is 0 Å². The average molecular weight is 241 g/mol. The number of carbonyl (C=O) groups is 1. The Morgan fingerprint density at radius 1 is 1.50 bits per heavy atom. The summed E-state index contributed by atoms with van der Waals surface area (Å²) in [5.41, 5.74) is 1.16. The maximum atomic E-state index is 11.5. The maximum absolute atomic E-state index is 11.5. The van der Waals surface area contributed by atoms with E-state index in [0.29, 0.717) is 11.3 Å². The zero-order chi connectivity index (χ0) is 11.9. The minimum absolute atomic E-state index is 0.202. The lowest BCUT2D eigenvalue weighted by molar-refractivity contribution is -0.137. The topological polar surface area (TPSA) is 83.5 Å². The number of hydrogen-bond acceptors (Lipinski definition) is 4. The predicted octanol–water partition coefficient (Wildman–Crippen LogP) is 0.511. The Balaban J connectivity index is 2.51. The Labute approximate surface area is 93.0 Å². The summed E-state index contributed by atoms with van der Waals surface area (Å²) in [6.07, 6.45) is 1.32. The number of fused-ring (bicyclic) bond motifs is 1. The van der Waals surface area contributed by atoms with Crippen LogP contribution in [0.25, 0.3) is 0 Å². The lowest BCUT2D eigenvalue weighted by atomic mass is 10.1. The molecule has 2 rings (SSSR count). The summed E-state index contributed by atoms with van der Waals surface area (Å²) in [6.45, 7) is 0. The molecule has 0 aliphatic carbocycles. The summed E-state index contributed by atoms with van der Waals surface area (Å²) in [7, 11) is -3.31.